The van der Waals surface area contributed by atoms with Crippen LogP contribution in [0.1, 0.15) is 11.3 Å². The Bertz CT molecular complexity index is 589. The first-order valence-corrected chi connectivity index (χ1v) is 6.36. The van der Waals surface area contributed by atoms with Crippen LogP contribution in [0.3, 0.4) is 0 Å². The van der Waals surface area contributed by atoms with E-state index in [-0.39, 0.29) is 5.75 Å². The second-order valence-corrected chi connectivity index (χ2v) is 4.42. The number of halogens is 2. The summed E-state index contributed by atoms with van der Waals surface area (Å²) in [6, 6.07) is 8.41. The minimum Gasteiger partial charge on any atom is -0.497 e. The topological polar surface area (TPSA) is 43.4 Å². The fraction of sp³-hybridized carbons (Fsp3) is 0.267. The third kappa shape index (κ3) is 4.30. The Morgan fingerprint density at radius 2 is 2.05 bits per heavy atom. The highest BCUT2D eigenvalue weighted by molar-refractivity contribution is 5.59. The number of rotatable bonds is 6. The van der Waals surface area contributed by atoms with Crippen LogP contribution >= 0.6 is 0 Å². The Labute approximate surface area is 121 Å². The molecule has 0 amide bonds. The van der Waals surface area contributed by atoms with Gasteiger partial charge < -0.3 is 14.8 Å². The SMILES string of the molecule is COc1ccc(OC(F)F)c(NCc2ccc(C)cn2)c1. The fourth-order valence-corrected chi connectivity index (χ4v) is 1.76. The molecule has 1 aromatic heterocycles. The molecular formula is C15H16F2N2O2. The van der Waals surface area contributed by atoms with Gasteiger partial charge in [0.1, 0.15) is 11.5 Å². The second kappa shape index (κ2) is 6.88. The summed E-state index contributed by atoms with van der Waals surface area (Å²) in [6.07, 6.45) is 1.75. The van der Waals surface area contributed by atoms with Gasteiger partial charge in [0.15, 0.2) is 0 Å². The molecule has 0 radical (unpaired) electrons. The van der Waals surface area contributed by atoms with Crippen molar-refractivity contribution in [2.45, 2.75) is 20.1 Å². The van der Waals surface area contributed by atoms with E-state index in [1.807, 2.05) is 19.1 Å². The number of aryl methyl sites for hydroxylation is 1. The van der Waals surface area contributed by atoms with E-state index in [0.717, 1.165) is 11.3 Å². The van der Waals surface area contributed by atoms with Crippen LogP contribution in [-0.4, -0.2) is 18.7 Å². The van der Waals surface area contributed by atoms with E-state index in [1.54, 1.807) is 18.3 Å². The summed E-state index contributed by atoms with van der Waals surface area (Å²) < 4.78 is 34.4. The summed E-state index contributed by atoms with van der Waals surface area (Å²) in [4.78, 5) is 4.24. The molecule has 2 rings (SSSR count). The number of aromatic nitrogens is 1. The second-order valence-electron chi connectivity index (χ2n) is 4.42. The molecule has 2 aromatic rings. The van der Waals surface area contributed by atoms with Gasteiger partial charge in [0.2, 0.25) is 0 Å². The molecule has 0 atom stereocenters. The summed E-state index contributed by atoms with van der Waals surface area (Å²) in [6.45, 7) is -0.537. The van der Waals surface area contributed by atoms with Crippen molar-refractivity contribution < 1.29 is 18.3 Å². The first-order valence-electron chi connectivity index (χ1n) is 6.36. The lowest BCUT2D eigenvalue weighted by atomic mass is 10.2. The Morgan fingerprint density at radius 3 is 2.67 bits per heavy atom. The molecule has 0 bridgehead atoms. The smallest absolute Gasteiger partial charge is 0.387 e. The van der Waals surface area contributed by atoms with Gasteiger partial charge in [-0.3, -0.25) is 4.98 Å². The van der Waals surface area contributed by atoms with Crippen LogP contribution in [0.5, 0.6) is 11.5 Å². The zero-order chi connectivity index (χ0) is 15.2. The van der Waals surface area contributed by atoms with Gasteiger partial charge in [0.25, 0.3) is 0 Å². The Hall–Kier alpha value is -2.37. The van der Waals surface area contributed by atoms with E-state index in [2.05, 4.69) is 15.0 Å². The third-order valence-corrected chi connectivity index (χ3v) is 2.84. The van der Waals surface area contributed by atoms with Crippen LogP contribution in [0.25, 0.3) is 0 Å². The van der Waals surface area contributed by atoms with Gasteiger partial charge in [-0.1, -0.05) is 6.07 Å². The average molecular weight is 294 g/mol. The maximum atomic E-state index is 12.4. The van der Waals surface area contributed by atoms with Gasteiger partial charge >= 0.3 is 6.61 Å². The normalized spacial score (nSPS) is 10.5. The first-order chi connectivity index (χ1) is 10.1. The van der Waals surface area contributed by atoms with Gasteiger partial charge in [-0.05, 0) is 30.7 Å². The van der Waals surface area contributed by atoms with E-state index in [0.29, 0.717) is 18.0 Å². The summed E-state index contributed by atoms with van der Waals surface area (Å²) in [5, 5.41) is 3.03. The zero-order valence-corrected chi connectivity index (χ0v) is 11.8. The van der Waals surface area contributed by atoms with Crippen molar-refractivity contribution in [1.82, 2.24) is 4.98 Å². The highest BCUT2D eigenvalue weighted by atomic mass is 19.3. The number of hydrogen-bond donors (Lipinski definition) is 1. The molecule has 1 heterocycles. The lowest BCUT2D eigenvalue weighted by molar-refractivity contribution is -0.0494. The fourth-order valence-electron chi connectivity index (χ4n) is 1.76. The molecule has 0 aliphatic carbocycles. The summed E-state index contributed by atoms with van der Waals surface area (Å²) in [5.41, 5.74) is 2.28. The summed E-state index contributed by atoms with van der Waals surface area (Å²) >= 11 is 0. The number of alkyl halides is 2. The van der Waals surface area contributed by atoms with Crippen molar-refractivity contribution in [1.29, 1.82) is 0 Å². The van der Waals surface area contributed by atoms with E-state index >= 15 is 0 Å². The van der Waals surface area contributed by atoms with Gasteiger partial charge in [0.05, 0.1) is 25.0 Å². The quantitative estimate of drug-likeness (QED) is 0.884. The Morgan fingerprint density at radius 1 is 1.24 bits per heavy atom. The van der Waals surface area contributed by atoms with Crippen LogP contribution in [0.4, 0.5) is 14.5 Å². The molecule has 0 unspecified atom stereocenters. The highest BCUT2D eigenvalue weighted by Crippen LogP contribution is 2.30. The number of nitrogens with zero attached hydrogens (tertiary/aromatic N) is 1. The number of ether oxygens (including phenoxy) is 2. The van der Waals surface area contributed by atoms with Gasteiger partial charge in [-0.2, -0.15) is 8.78 Å². The standard InChI is InChI=1S/C15H16F2N2O2/c1-10-3-4-11(18-8-10)9-19-13-7-12(20-2)5-6-14(13)21-15(16)17/h3-8,15,19H,9H2,1-2H3. The number of methoxy groups -OCH3 is 1. The molecule has 112 valence electrons. The van der Waals surface area contributed by atoms with Crippen molar-refractivity contribution in [3.8, 4) is 11.5 Å². The molecule has 0 fully saturated rings. The number of hydrogen-bond acceptors (Lipinski definition) is 4. The van der Waals surface area contributed by atoms with Crippen molar-refractivity contribution in [2.75, 3.05) is 12.4 Å². The van der Waals surface area contributed by atoms with Crippen molar-refractivity contribution in [3.05, 3.63) is 47.8 Å². The molecule has 6 heteroatoms. The van der Waals surface area contributed by atoms with E-state index in [9.17, 15) is 8.78 Å². The molecule has 0 saturated carbocycles. The van der Waals surface area contributed by atoms with Gasteiger partial charge in [-0.25, -0.2) is 0 Å². The molecule has 0 aliphatic heterocycles. The average Bonchev–Trinajstić information content (AvgIpc) is 2.47. The van der Waals surface area contributed by atoms with Crippen molar-refractivity contribution in [3.63, 3.8) is 0 Å². The lowest BCUT2D eigenvalue weighted by Gasteiger charge is -2.14. The third-order valence-electron chi connectivity index (χ3n) is 2.84. The summed E-state index contributed by atoms with van der Waals surface area (Å²) in [5.74, 6) is 0.619. The minimum absolute atomic E-state index is 0.0675. The monoisotopic (exact) mass is 294 g/mol. The van der Waals surface area contributed by atoms with Crippen LogP contribution < -0.4 is 14.8 Å². The molecule has 4 nitrogen and oxygen atoms in total. The Kier molecular flexibility index (Phi) is 4.92. The first kappa shape index (κ1) is 15.0. The number of pyridine rings is 1. The molecule has 0 spiro atoms. The predicted molar refractivity (Wildman–Crippen MR) is 75.9 cm³/mol. The van der Waals surface area contributed by atoms with Crippen LogP contribution in [0.15, 0.2) is 36.5 Å². The van der Waals surface area contributed by atoms with E-state index < -0.39 is 6.61 Å². The molecule has 0 aliphatic rings. The molecule has 0 saturated heterocycles. The minimum atomic E-state index is -2.88. The summed E-state index contributed by atoms with van der Waals surface area (Å²) in [7, 11) is 1.51. The molecular weight excluding hydrogens is 278 g/mol. The number of anilines is 1. The molecule has 21 heavy (non-hydrogen) atoms. The van der Waals surface area contributed by atoms with Gasteiger partial charge in [-0.15, -0.1) is 0 Å². The molecule has 1 aromatic carbocycles. The van der Waals surface area contributed by atoms with Crippen LogP contribution in [0.2, 0.25) is 0 Å². The predicted octanol–water partition coefficient (Wildman–Crippen LogP) is 3.61. The van der Waals surface area contributed by atoms with E-state index in [4.69, 9.17) is 4.74 Å². The maximum Gasteiger partial charge on any atom is 0.387 e. The largest absolute Gasteiger partial charge is 0.497 e. The van der Waals surface area contributed by atoms with Crippen molar-refractivity contribution >= 4 is 5.69 Å². The Balaban J connectivity index is 2.14. The molecule has 1 N–H and O–H groups in total. The maximum absolute atomic E-state index is 12.4. The van der Waals surface area contributed by atoms with Crippen LogP contribution in [0, 0.1) is 6.92 Å². The lowest BCUT2D eigenvalue weighted by Crippen LogP contribution is -2.07. The zero-order valence-electron chi connectivity index (χ0n) is 11.8. The van der Waals surface area contributed by atoms with Gasteiger partial charge in [0, 0.05) is 12.3 Å². The number of benzene rings is 1. The number of nitrogens with one attached hydrogen (secondary N) is 1. The van der Waals surface area contributed by atoms with E-state index in [1.165, 1.54) is 13.2 Å². The van der Waals surface area contributed by atoms with Crippen LogP contribution in [-0.2, 0) is 6.54 Å². The highest BCUT2D eigenvalue weighted by Gasteiger charge is 2.11. The van der Waals surface area contributed by atoms with Crippen molar-refractivity contribution in [2.24, 2.45) is 0 Å².